The Hall–Kier alpha value is -0.860. The maximum absolute atomic E-state index is 3.64. The fourth-order valence-corrected chi connectivity index (χ4v) is 2.43. The first-order chi connectivity index (χ1) is 9.17. The fraction of sp³-hybridized carbons (Fsp3) is 0.647. The monoisotopic (exact) mass is 262 g/mol. The van der Waals surface area contributed by atoms with E-state index in [0.717, 1.165) is 26.2 Å². The molecule has 0 heterocycles. The molecule has 0 aliphatic rings. The zero-order chi connectivity index (χ0) is 14.1. The summed E-state index contributed by atoms with van der Waals surface area (Å²) in [7, 11) is 0. The van der Waals surface area contributed by atoms with Crippen molar-refractivity contribution in [2.75, 3.05) is 26.2 Å². The van der Waals surface area contributed by atoms with Crippen molar-refractivity contribution in [2.24, 2.45) is 0 Å². The fourth-order valence-electron chi connectivity index (χ4n) is 2.43. The first kappa shape index (κ1) is 16.2. The van der Waals surface area contributed by atoms with Crippen LogP contribution < -0.4 is 5.32 Å². The minimum atomic E-state index is 0.572. The van der Waals surface area contributed by atoms with E-state index in [1.54, 1.807) is 0 Å². The van der Waals surface area contributed by atoms with Crippen molar-refractivity contribution in [3.05, 3.63) is 35.9 Å². The third-order valence-corrected chi connectivity index (χ3v) is 3.87. The first-order valence-electron chi connectivity index (χ1n) is 7.68. The molecular weight excluding hydrogens is 232 g/mol. The molecule has 0 fully saturated rings. The molecule has 0 aliphatic carbocycles. The average Bonchev–Trinajstić information content (AvgIpc) is 2.45. The average molecular weight is 262 g/mol. The Morgan fingerprint density at radius 2 is 1.68 bits per heavy atom. The molecule has 0 radical (unpaired) electrons. The summed E-state index contributed by atoms with van der Waals surface area (Å²) >= 11 is 0. The zero-order valence-electron chi connectivity index (χ0n) is 13.0. The highest BCUT2D eigenvalue weighted by atomic mass is 15.1. The van der Waals surface area contributed by atoms with E-state index in [1.807, 2.05) is 0 Å². The van der Waals surface area contributed by atoms with E-state index in [2.05, 4.69) is 68.2 Å². The minimum Gasteiger partial charge on any atom is -0.313 e. The molecule has 108 valence electrons. The van der Waals surface area contributed by atoms with E-state index in [4.69, 9.17) is 0 Å². The standard InChI is InChI=1S/C17H30N2/c1-5-19(6-2)14-16(4)18-13-12-15(3)17-10-8-7-9-11-17/h7-11,15-16,18H,5-6,12-14H2,1-4H3. The van der Waals surface area contributed by atoms with Gasteiger partial charge in [-0.2, -0.15) is 0 Å². The lowest BCUT2D eigenvalue weighted by atomic mass is 9.98. The van der Waals surface area contributed by atoms with E-state index in [0.29, 0.717) is 12.0 Å². The van der Waals surface area contributed by atoms with Crippen LogP contribution in [0.2, 0.25) is 0 Å². The van der Waals surface area contributed by atoms with Gasteiger partial charge in [-0.15, -0.1) is 0 Å². The van der Waals surface area contributed by atoms with Crippen LogP contribution in [0.4, 0.5) is 0 Å². The van der Waals surface area contributed by atoms with Gasteiger partial charge in [0.15, 0.2) is 0 Å². The highest BCUT2D eigenvalue weighted by Gasteiger charge is 2.08. The van der Waals surface area contributed by atoms with E-state index < -0.39 is 0 Å². The molecule has 19 heavy (non-hydrogen) atoms. The van der Waals surface area contributed by atoms with Gasteiger partial charge >= 0.3 is 0 Å². The molecule has 0 saturated carbocycles. The maximum atomic E-state index is 3.64. The van der Waals surface area contributed by atoms with Crippen molar-refractivity contribution in [1.29, 1.82) is 0 Å². The maximum Gasteiger partial charge on any atom is 0.0166 e. The summed E-state index contributed by atoms with van der Waals surface area (Å²) in [6.07, 6.45) is 1.20. The Bertz CT molecular complexity index is 319. The van der Waals surface area contributed by atoms with Crippen molar-refractivity contribution in [1.82, 2.24) is 10.2 Å². The largest absolute Gasteiger partial charge is 0.313 e. The van der Waals surface area contributed by atoms with Gasteiger partial charge in [-0.25, -0.2) is 0 Å². The van der Waals surface area contributed by atoms with Crippen LogP contribution in [0, 0.1) is 0 Å². The van der Waals surface area contributed by atoms with Crippen molar-refractivity contribution in [3.8, 4) is 0 Å². The lowest BCUT2D eigenvalue weighted by Crippen LogP contribution is -2.39. The summed E-state index contributed by atoms with van der Waals surface area (Å²) in [6.45, 7) is 13.6. The third kappa shape index (κ3) is 6.22. The third-order valence-electron chi connectivity index (χ3n) is 3.87. The van der Waals surface area contributed by atoms with Gasteiger partial charge in [0.05, 0.1) is 0 Å². The van der Waals surface area contributed by atoms with E-state index in [9.17, 15) is 0 Å². The van der Waals surface area contributed by atoms with Crippen molar-refractivity contribution in [3.63, 3.8) is 0 Å². The van der Waals surface area contributed by atoms with Gasteiger partial charge < -0.3 is 10.2 Å². The highest BCUT2D eigenvalue weighted by molar-refractivity contribution is 5.18. The van der Waals surface area contributed by atoms with Crippen molar-refractivity contribution < 1.29 is 0 Å². The minimum absolute atomic E-state index is 0.572. The van der Waals surface area contributed by atoms with E-state index in [-0.39, 0.29) is 0 Å². The molecule has 0 aliphatic heterocycles. The smallest absolute Gasteiger partial charge is 0.0166 e. The van der Waals surface area contributed by atoms with Gasteiger partial charge in [-0.3, -0.25) is 0 Å². The Morgan fingerprint density at radius 1 is 1.05 bits per heavy atom. The Labute approximate surface area is 119 Å². The molecule has 2 atom stereocenters. The SMILES string of the molecule is CCN(CC)CC(C)NCCC(C)c1ccccc1. The molecule has 1 N–H and O–H groups in total. The van der Waals surface area contributed by atoms with Gasteiger partial charge in [0.2, 0.25) is 0 Å². The summed E-state index contributed by atoms with van der Waals surface area (Å²) in [5.74, 6) is 0.634. The summed E-state index contributed by atoms with van der Waals surface area (Å²) in [5.41, 5.74) is 1.45. The number of nitrogens with zero attached hydrogens (tertiary/aromatic N) is 1. The summed E-state index contributed by atoms with van der Waals surface area (Å²) in [5, 5.41) is 3.64. The molecule has 1 aromatic carbocycles. The van der Waals surface area contributed by atoms with E-state index in [1.165, 1.54) is 12.0 Å². The number of hydrogen-bond donors (Lipinski definition) is 1. The lowest BCUT2D eigenvalue weighted by Gasteiger charge is -2.24. The quantitative estimate of drug-likeness (QED) is 0.733. The second-order valence-corrected chi connectivity index (χ2v) is 5.44. The first-order valence-corrected chi connectivity index (χ1v) is 7.68. The van der Waals surface area contributed by atoms with Gasteiger partial charge in [0, 0.05) is 12.6 Å². The van der Waals surface area contributed by atoms with Crippen LogP contribution in [-0.4, -0.2) is 37.1 Å². The Morgan fingerprint density at radius 3 is 2.26 bits per heavy atom. The predicted octanol–water partition coefficient (Wildman–Crippen LogP) is 3.50. The number of nitrogens with one attached hydrogen (secondary N) is 1. The second-order valence-electron chi connectivity index (χ2n) is 5.44. The number of hydrogen-bond acceptors (Lipinski definition) is 2. The molecule has 0 spiro atoms. The number of benzene rings is 1. The molecule has 0 bridgehead atoms. The highest BCUT2D eigenvalue weighted by Crippen LogP contribution is 2.17. The lowest BCUT2D eigenvalue weighted by molar-refractivity contribution is 0.270. The second kappa shape index (κ2) is 9.11. The van der Waals surface area contributed by atoms with Crippen LogP contribution in [-0.2, 0) is 0 Å². The van der Waals surface area contributed by atoms with E-state index >= 15 is 0 Å². The van der Waals surface area contributed by atoms with Crippen LogP contribution in [0.5, 0.6) is 0 Å². The van der Waals surface area contributed by atoms with Crippen molar-refractivity contribution >= 4 is 0 Å². The van der Waals surface area contributed by atoms with Gasteiger partial charge in [0.25, 0.3) is 0 Å². The molecule has 1 aromatic rings. The van der Waals surface area contributed by atoms with Gasteiger partial charge in [-0.05, 0) is 44.5 Å². The Kier molecular flexibility index (Phi) is 7.76. The zero-order valence-corrected chi connectivity index (χ0v) is 13.0. The van der Waals surface area contributed by atoms with Crippen LogP contribution in [0.15, 0.2) is 30.3 Å². The van der Waals surface area contributed by atoms with Crippen LogP contribution >= 0.6 is 0 Å². The summed E-state index contributed by atoms with van der Waals surface area (Å²) in [4.78, 5) is 2.47. The van der Waals surface area contributed by atoms with Crippen LogP contribution in [0.25, 0.3) is 0 Å². The number of rotatable bonds is 9. The molecule has 1 rings (SSSR count). The number of likely N-dealkylation sites (N-methyl/N-ethyl adjacent to an activating group) is 1. The topological polar surface area (TPSA) is 15.3 Å². The predicted molar refractivity (Wildman–Crippen MR) is 84.7 cm³/mol. The summed E-state index contributed by atoms with van der Waals surface area (Å²) < 4.78 is 0. The van der Waals surface area contributed by atoms with Gasteiger partial charge in [-0.1, -0.05) is 51.1 Å². The van der Waals surface area contributed by atoms with Crippen LogP contribution in [0.3, 0.4) is 0 Å². The molecule has 0 saturated heterocycles. The molecule has 2 unspecified atom stereocenters. The summed E-state index contributed by atoms with van der Waals surface area (Å²) in [6, 6.07) is 11.4. The van der Waals surface area contributed by atoms with Crippen molar-refractivity contribution in [2.45, 2.75) is 46.1 Å². The Balaban J connectivity index is 2.23. The normalized spacial score (nSPS) is 14.6. The molecular formula is C17H30N2. The molecule has 0 aromatic heterocycles. The molecule has 2 nitrogen and oxygen atoms in total. The van der Waals surface area contributed by atoms with Crippen LogP contribution in [0.1, 0.15) is 45.6 Å². The van der Waals surface area contributed by atoms with Gasteiger partial charge in [0.1, 0.15) is 0 Å². The molecule has 0 amide bonds. The molecule has 2 heteroatoms.